The molecule has 3 amide bonds. The lowest BCUT2D eigenvalue weighted by molar-refractivity contribution is 0.0733. The van der Waals surface area contributed by atoms with E-state index in [9.17, 15) is 9.59 Å². The molecule has 1 aromatic heterocycles. The van der Waals surface area contributed by atoms with Gasteiger partial charge in [-0.05, 0) is 6.42 Å². The van der Waals surface area contributed by atoms with Gasteiger partial charge in [-0.15, -0.1) is 10.2 Å². The fraction of sp³-hybridized carbons (Fsp3) is 0.667. The van der Waals surface area contributed by atoms with Crippen LogP contribution in [0.2, 0.25) is 0 Å². The monoisotopic (exact) mass is 297 g/mol. The van der Waals surface area contributed by atoms with Gasteiger partial charge < -0.3 is 24.3 Å². The van der Waals surface area contributed by atoms with E-state index in [0.717, 1.165) is 6.42 Å². The number of cyclic esters (lactones) is 1. The summed E-state index contributed by atoms with van der Waals surface area (Å²) >= 11 is 0. The van der Waals surface area contributed by atoms with Crippen LogP contribution in [-0.4, -0.2) is 65.4 Å². The van der Waals surface area contributed by atoms with Gasteiger partial charge in [0.2, 0.25) is 11.8 Å². The summed E-state index contributed by atoms with van der Waals surface area (Å²) in [5, 5.41) is 10.2. The van der Waals surface area contributed by atoms with Crippen LogP contribution in [0.15, 0.2) is 4.42 Å². The van der Waals surface area contributed by atoms with Crippen LogP contribution in [-0.2, 0) is 11.3 Å². The van der Waals surface area contributed by atoms with Crippen LogP contribution in [0.25, 0.3) is 0 Å². The van der Waals surface area contributed by atoms with Gasteiger partial charge in [0.15, 0.2) is 0 Å². The first-order valence-corrected chi connectivity index (χ1v) is 6.76. The zero-order valence-electron chi connectivity index (χ0n) is 12.2. The number of rotatable bonds is 5. The third kappa shape index (κ3) is 4.33. The Morgan fingerprint density at radius 2 is 2.29 bits per heavy atom. The number of aryl methyl sites for hydroxylation is 1. The molecule has 0 unspecified atom stereocenters. The topological polar surface area (TPSA) is 101 Å². The lowest BCUT2D eigenvalue weighted by atomic mass is 10.3. The quantitative estimate of drug-likeness (QED) is 0.842. The number of nitrogens with zero attached hydrogens (tertiary/aromatic N) is 4. The average molecular weight is 297 g/mol. The Kier molecular flexibility index (Phi) is 4.96. The molecule has 0 aliphatic carbocycles. The Morgan fingerprint density at radius 1 is 1.48 bits per heavy atom. The smallest absolute Gasteiger partial charge is 0.409 e. The number of aromatic nitrogens is 2. The van der Waals surface area contributed by atoms with Crippen LogP contribution in [0.4, 0.5) is 9.59 Å². The molecule has 0 bridgehead atoms. The van der Waals surface area contributed by atoms with E-state index in [1.54, 1.807) is 18.9 Å². The van der Waals surface area contributed by atoms with Gasteiger partial charge in [0, 0.05) is 33.6 Å². The molecule has 21 heavy (non-hydrogen) atoms. The first-order chi connectivity index (χ1) is 10.1. The van der Waals surface area contributed by atoms with Crippen molar-refractivity contribution in [3.8, 4) is 0 Å². The van der Waals surface area contributed by atoms with Crippen molar-refractivity contribution in [1.29, 1.82) is 0 Å². The molecule has 0 spiro atoms. The van der Waals surface area contributed by atoms with E-state index in [1.165, 1.54) is 4.90 Å². The highest BCUT2D eigenvalue weighted by molar-refractivity contribution is 5.73. The molecule has 116 valence electrons. The normalized spacial score (nSPS) is 14.8. The Balaban J connectivity index is 1.70. The minimum absolute atomic E-state index is 0.235. The molecule has 1 fully saturated rings. The predicted molar refractivity (Wildman–Crippen MR) is 71.4 cm³/mol. The number of hydrogen-bond acceptors (Lipinski definition) is 6. The molecule has 1 N–H and O–H groups in total. The average Bonchev–Trinajstić information content (AvgIpc) is 2.86. The third-order valence-electron chi connectivity index (χ3n) is 3.00. The Labute approximate surface area is 122 Å². The van der Waals surface area contributed by atoms with Gasteiger partial charge in [-0.2, -0.15) is 0 Å². The van der Waals surface area contributed by atoms with Crippen molar-refractivity contribution in [3.05, 3.63) is 11.8 Å². The van der Waals surface area contributed by atoms with Crippen LogP contribution >= 0.6 is 0 Å². The number of carbonyl (C=O) groups is 2. The molecule has 1 aliphatic rings. The highest BCUT2D eigenvalue weighted by Gasteiger charge is 2.19. The van der Waals surface area contributed by atoms with Crippen molar-refractivity contribution in [2.24, 2.45) is 0 Å². The molecule has 2 rings (SSSR count). The number of carbonyl (C=O) groups excluding carboxylic acids is 2. The molecule has 0 aromatic carbocycles. The number of ether oxygens (including phenoxy) is 1. The molecule has 1 aliphatic heterocycles. The van der Waals surface area contributed by atoms with E-state index in [0.29, 0.717) is 38.0 Å². The van der Waals surface area contributed by atoms with E-state index in [1.807, 2.05) is 0 Å². The Morgan fingerprint density at radius 3 is 2.95 bits per heavy atom. The summed E-state index contributed by atoms with van der Waals surface area (Å²) in [5.41, 5.74) is 0. The Hall–Kier alpha value is -2.32. The molecule has 0 saturated carbocycles. The van der Waals surface area contributed by atoms with Crippen molar-refractivity contribution in [2.75, 3.05) is 33.3 Å². The lowest BCUT2D eigenvalue weighted by Crippen LogP contribution is -2.44. The maximum absolute atomic E-state index is 11.9. The summed E-state index contributed by atoms with van der Waals surface area (Å²) in [7, 11) is 1.63. The molecule has 2 heterocycles. The standard InChI is InChI=1S/C12H19N5O4/c1-9-14-15-10(21-9)8-16(2)11(18)13-4-6-17-5-3-7-20-12(17)19/h3-8H2,1-2H3,(H,13,18). The minimum Gasteiger partial charge on any atom is -0.449 e. The molecular weight excluding hydrogens is 278 g/mol. The Bertz CT molecular complexity index is 504. The van der Waals surface area contributed by atoms with E-state index in [-0.39, 0.29) is 18.7 Å². The third-order valence-corrected chi connectivity index (χ3v) is 3.00. The maximum atomic E-state index is 11.9. The maximum Gasteiger partial charge on any atom is 0.409 e. The van der Waals surface area contributed by atoms with Crippen molar-refractivity contribution < 1.29 is 18.7 Å². The van der Waals surface area contributed by atoms with Crippen molar-refractivity contribution >= 4 is 12.1 Å². The summed E-state index contributed by atoms with van der Waals surface area (Å²) in [4.78, 5) is 26.3. The van der Waals surface area contributed by atoms with Gasteiger partial charge in [-0.25, -0.2) is 9.59 Å². The minimum atomic E-state index is -0.329. The molecule has 0 radical (unpaired) electrons. The summed E-state index contributed by atoms with van der Waals surface area (Å²) in [6.07, 6.45) is 0.487. The van der Waals surface area contributed by atoms with Crippen molar-refractivity contribution in [2.45, 2.75) is 19.9 Å². The molecule has 9 heteroatoms. The van der Waals surface area contributed by atoms with Crippen LogP contribution in [0.1, 0.15) is 18.2 Å². The summed E-state index contributed by atoms with van der Waals surface area (Å²) in [6, 6.07) is -0.267. The van der Waals surface area contributed by atoms with Gasteiger partial charge in [-0.1, -0.05) is 0 Å². The summed E-state index contributed by atoms with van der Waals surface area (Å²) in [6.45, 7) is 3.84. The highest BCUT2D eigenvalue weighted by Crippen LogP contribution is 2.04. The number of nitrogens with one attached hydrogen (secondary N) is 1. The van der Waals surface area contributed by atoms with Gasteiger partial charge in [0.05, 0.1) is 6.61 Å². The molecule has 0 atom stereocenters. The SMILES string of the molecule is Cc1nnc(CN(C)C(=O)NCCN2CCCOC2=O)o1. The second kappa shape index (κ2) is 6.91. The predicted octanol–water partition coefficient (Wildman–Crippen LogP) is 0.362. The fourth-order valence-corrected chi connectivity index (χ4v) is 1.91. The van der Waals surface area contributed by atoms with Crippen LogP contribution in [0.5, 0.6) is 0 Å². The largest absolute Gasteiger partial charge is 0.449 e. The second-order valence-electron chi connectivity index (χ2n) is 4.76. The molecule has 9 nitrogen and oxygen atoms in total. The van der Waals surface area contributed by atoms with Crippen LogP contribution in [0, 0.1) is 6.92 Å². The second-order valence-corrected chi connectivity index (χ2v) is 4.76. The number of amides is 3. The summed E-state index contributed by atoms with van der Waals surface area (Å²) < 4.78 is 10.1. The zero-order valence-corrected chi connectivity index (χ0v) is 12.2. The molecular formula is C12H19N5O4. The zero-order chi connectivity index (χ0) is 15.2. The molecule has 1 aromatic rings. The fourth-order valence-electron chi connectivity index (χ4n) is 1.91. The first kappa shape index (κ1) is 15.1. The van der Waals surface area contributed by atoms with Gasteiger partial charge in [0.1, 0.15) is 6.54 Å². The van der Waals surface area contributed by atoms with E-state index in [2.05, 4.69) is 15.5 Å². The van der Waals surface area contributed by atoms with E-state index >= 15 is 0 Å². The van der Waals surface area contributed by atoms with Crippen molar-refractivity contribution in [3.63, 3.8) is 0 Å². The first-order valence-electron chi connectivity index (χ1n) is 6.76. The summed E-state index contributed by atoms with van der Waals surface area (Å²) in [5.74, 6) is 0.840. The van der Waals surface area contributed by atoms with Gasteiger partial charge in [0.25, 0.3) is 0 Å². The van der Waals surface area contributed by atoms with Crippen LogP contribution in [0.3, 0.4) is 0 Å². The highest BCUT2D eigenvalue weighted by atomic mass is 16.6. The lowest BCUT2D eigenvalue weighted by Gasteiger charge is -2.26. The van der Waals surface area contributed by atoms with Gasteiger partial charge in [-0.3, -0.25) is 0 Å². The van der Waals surface area contributed by atoms with Crippen molar-refractivity contribution in [1.82, 2.24) is 25.3 Å². The van der Waals surface area contributed by atoms with Gasteiger partial charge >= 0.3 is 12.1 Å². The van der Waals surface area contributed by atoms with Crippen LogP contribution < -0.4 is 5.32 Å². The number of urea groups is 1. The van der Waals surface area contributed by atoms with E-state index < -0.39 is 0 Å². The number of hydrogen-bond donors (Lipinski definition) is 1. The van der Waals surface area contributed by atoms with E-state index in [4.69, 9.17) is 9.15 Å². The molecule has 1 saturated heterocycles.